The highest BCUT2D eigenvalue weighted by Gasteiger charge is 2.35. The highest BCUT2D eigenvalue weighted by atomic mass is 16.2. The van der Waals surface area contributed by atoms with E-state index in [4.69, 9.17) is 0 Å². The van der Waals surface area contributed by atoms with Crippen LogP contribution < -0.4 is 5.32 Å². The lowest BCUT2D eigenvalue weighted by Gasteiger charge is -2.22. The number of aryl methyl sites for hydroxylation is 4. The summed E-state index contributed by atoms with van der Waals surface area (Å²) in [6.07, 6.45) is 6.55. The second-order valence-electron chi connectivity index (χ2n) is 9.74. The first-order valence-electron chi connectivity index (χ1n) is 12.1. The molecule has 5 rings (SSSR count). The normalized spacial score (nSPS) is 17.8. The van der Waals surface area contributed by atoms with Gasteiger partial charge in [-0.25, -0.2) is 9.97 Å². The summed E-state index contributed by atoms with van der Waals surface area (Å²) in [5.41, 5.74) is 8.40. The van der Waals surface area contributed by atoms with Crippen LogP contribution in [0.3, 0.4) is 0 Å². The molecule has 1 amide bonds. The summed E-state index contributed by atoms with van der Waals surface area (Å²) in [6.45, 7) is 8.56. The molecule has 1 aromatic heterocycles. The maximum atomic E-state index is 13.3. The summed E-state index contributed by atoms with van der Waals surface area (Å²) in [5.74, 6) is 0.541. The van der Waals surface area contributed by atoms with Crippen molar-refractivity contribution in [3.8, 4) is 11.1 Å². The van der Waals surface area contributed by atoms with Gasteiger partial charge in [0, 0.05) is 23.9 Å². The van der Waals surface area contributed by atoms with E-state index in [1.165, 1.54) is 38.6 Å². The van der Waals surface area contributed by atoms with Crippen LogP contribution in [0.1, 0.15) is 53.0 Å². The monoisotopic (exact) mass is 449 g/mol. The number of anilines is 1. The van der Waals surface area contributed by atoms with Crippen LogP contribution in [0.15, 0.2) is 60.9 Å². The van der Waals surface area contributed by atoms with E-state index >= 15 is 0 Å². The number of amides is 1. The van der Waals surface area contributed by atoms with Gasteiger partial charge in [0.2, 0.25) is 11.9 Å². The van der Waals surface area contributed by atoms with Crippen LogP contribution >= 0.6 is 0 Å². The third-order valence-corrected chi connectivity index (χ3v) is 7.43. The number of nitrogens with one attached hydrogen (secondary N) is 1. The summed E-state index contributed by atoms with van der Waals surface area (Å²) in [5, 5.41) is 5.51. The van der Waals surface area contributed by atoms with Crippen LogP contribution in [0.5, 0.6) is 0 Å². The Hall–Kier alpha value is -3.53. The van der Waals surface area contributed by atoms with Crippen molar-refractivity contribution in [1.29, 1.82) is 0 Å². The van der Waals surface area contributed by atoms with E-state index in [0.29, 0.717) is 5.95 Å². The van der Waals surface area contributed by atoms with E-state index in [9.17, 15) is 4.79 Å². The van der Waals surface area contributed by atoms with Gasteiger partial charge in [-0.15, -0.1) is 0 Å². The molecule has 1 heterocycles. The number of carbonyl (C=O) groups excluding carboxylic acids is 1. The minimum Gasteiger partial charge on any atom is -0.294 e. The number of carbonyl (C=O) groups is 1. The highest BCUT2D eigenvalue weighted by molar-refractivity contribution is 5.92. The lowest BCUT2D eigenvalue weighted by Crippen LogP contribution is -2.26. The smallest absolute Gasteiger partial charge is 0.230 e. The van der Waals surface area contributed by atoms with Crippen molar-refractivity contribution in [3.63, 3.8) is 0 Å². The van der Waals surface area contributed by atoms with Gasteiger partial charge in [0.1, 0.15) is 0 Å². The number of hydrogen-bond donors (Lipinski definition) is 1. The molecule has 1 saturated carbocycles. The third-order valence-electron chi connectivity index (χ3n) is 7.43. The average Bonchev–Trinajstić information content (AvgIpc) is 3.31. The molecular formula is C30H31N3O. The fourth-order valence-corrected chi connectivity index (χ4v) is 5.39. The van der Waals surface area contributed by atoms with E-state index in [0.717, 1.165) is 30.4 Å². The molecule has 1 fully saturated rings. The summed E-state index contributed by atoms with van der Waals surface area (Å²) in [7, 11) is 0. The minimum atomic E-state index is -0.0673. The maximum absolute atomic E-state index is 13.3. The van der Waals surface area contributed by atoms with Gasteiger partial charge < -0.3 is 0 Å². The summed E-state index contributed by atoms with van der Waals surface area (Å²) in [4.78, 5) is 22.2. The molecule has 172 valence electrons. The molecule has 2 atom stereocenters. The molecule has 3 aromatic carbocycles. The average molecular weight is 450 g/mol. The van der Waals surface area contributed by atoms with Crippen LogP contribution in [0.4, 0.5) is 5.95 Å². The molecule has 0 saturated heterocycles. The number of fused-ring (bicyclic) bond motifs is 1. The predicted octanol–water partition coefficient (Wildman–Crippen LogP) is 7.05. The SMILES string of the molecule is Cc1cc2cc(C)c(C3CCCC3C(=O)Nc3ncc(-c4ccccc4C)cn3)cc2cc1C. The highest BCUT2D eigenvalue weighted by Crippen LogP contribution is 2.42. The van der Waals surface area contributed by atoms with Gasteiger partial charge in [-0.1, -0.05) is 55.0 Å². The first-order valence-corrected chi connectivity index (χ1v) is 12.1. The van der Waals surface area contributed by atoms with Gasteiger partial charge in [0.25, 0.3) is 0 Å². The van der Waals surface area contributed by atoms with E-state index in [-0.39, 0.29) is 17.7 Å². The predicted molar refractivity (Wildman–Crippen MR) is 139 cm³/mol. The fraction of sp³-hybridized carbons (Fsp3) is 0.300. The molecule has 1 aliphatic carbocycles. The molecule has 4 aromatic rings. The molecule has 0 bridgehead atoms. The zero-order chi connectivity index (χ0) is 23.8. The molecule has 0 radical (unpaired) electrons. The quantitative estimate of drug-likeness (QED) is 0.363. The second kappa shape index (κ2) is 9.02. The Bertz CT molecular complexity index is 1370. The number of rotatable bonds is 4. The van der Waals surface area contributed by atoms with Crippen LogP contribution in [0.2, 0.25) is 0 Å². The summed E-state index contributed by atoms with van der Waals surface area (Å²) < 4.78 is 0. The molecule has 2 unspecified atom stereocenters. The maximum Gasteiger partial charge on any atom is 0.230 e. The van der Waals surface area contributed by atoms with Gasteiger partial charge in [-0.3, -0.25) is 10.1 Å². The second-order valence-corrected chi connectivity index (χ2v) is 9.74. The Kier molecular flexibility index (Phi) is 5.91. The number of aromatic nitrogens is 2. The molecule has 0 spiro atoms. The van der Waals surface area contributed by atoms with Crippen molar-refractivity contribution in [2.75, 3.05) is 5.32 Å². The van der Waals surface area contributed by atoms with Crippen molar-refractivity contribution in [2.45, 2.75) is 52.9 Å². The molecule has 4 nitrogen and oxygen atoms in total. The van der Waals surface area contributed by atoms with Gasteiger partial charge in [0.15, 0.2) is 0 Å². The molecule has 1 aliphatic rings. The lowest BCUT2D eigenvalue weighted by molar-refractivity contribution is -0.120. The number of nitrogens with zero attached hydrogens (tertiary/aromatic N) is 2. The standard InChI is InChI=1S/C30H31N3O/c1-18-8-5-6-9-25(18)24-16-31-30(32-17-24)33-29(34)27-11-7-10-26(27)28-15-23-13-20(3)19(2)12-22(23)14-21(28)4/h5-6,8-9,12-17,26-27H,7,10-11H2,1-4H3,(H,31,32,33,34). The Morgan fingerprint density at radius 3 is 2.18 bits per heavy atom. The van der Waals surface area contributed by atoms with Crippen molar-refractivity contribution >= 4 is 22.6 Å². The molecular weight excluding hydrogens is 418 g/mol. The Labute approximate surface area is 201 Å². The fourth-order valence-electron chi connectivity index (χ4n) is 5.39. The minimum absolute atomic E-state index is 0.0192. The van der Waals surface area contributed by atoms with Gasteiger partial charge in [0.05, 0.1) is 0 Å². The Morgan fingerprint density at radius 1 is 0.824 bits per heavy atom. The Morgan fingerprint density at radius 2 is 1.47 bits per heavy atom. The zero-order valence-corrected chi connectivity index (χ0v) is 20.4. The van der Waals surface area contributed by atoms with Crippen LogP contribution in [0.25, 0.3) is 21.9 Å². The lowest BCUT2D eigenvalue weighted by atomic mass is 9.84. The topological polar surface area (TPSA) is 54.9 Å². The van der Waals surface area contributed by atoms with Crippen LogP contribution in [-0.4, -0.2) is 15.9 Å². The van der Waals surface area contributed by atoms with E-state index in [1.54, 1.807) is 12.4 Å². The summed E-state index contributed by atoms with van der Waals surface area (Å²) >= 11 is 0. The van der Waals surface area contributed by atoms with Gasteiger partial charge in [-0.2, -0.15) is 0 Å². The molecule has 4 heteroatoms. The molecule has 34 heavy (non-hydrogen) atoms. The Balaban J connectivity index is 1.37. The third kappa shape index (κ3) is 4.21. The number of benzene rings is 3. The van der Waals surface area contributed by atoms with E-state index in [2.05, 4.69) is 79.4 Å². The molecule has 1 N–H and O–H groups in total. The molecule has 0 aliphatic heterocycles. The van der Waals surface area contributed by atoms with Crippen LogP contribution in [0, 0.1) is 33.6 Å². The van der Waals surface area contributed by atoms with E-state index in [1.807, 2.05) is 12.1 Å². The van der Waals surface area contributed by atoms with Gasteiger partial charge in [-0.05, 0) is 90.6 Å². The van der Waals surface area contributed by atoms with Crippen molar-refractivity contribution in [2.24, 2.45) is 5.92 Å². The van der Waals surface area contributed by atoms with Crippen molar-refractivity contribution < 1.29 is 4.79 Å². The first kappa shape index (κ1) is 22.3. The van der Waals surface area contributed by atoms with Crippen molar-refractivity contribution in [1.82, 2.24) is 9.97 Å². The van der Waals surface area contributed by atoms with E-state index < -0.39 is 0 Å². The number of hydrogen-bond acceptors (Lipinski definition) is 3. The van der Waals surface area contributed by atoms with Gasteiger partial charge >= 0.3 is 0 Å². The van der Waals surface area contributed by atoms with Crippen molar-refractivity contribution in [3.05, 3.63) is 88.7 Å². The zero-order valence-electron chi connectivity index (χ0n) is 20.4. The van der Waals surface area contributed by atoms with Crippen LogP contribution in [-0.2, 0) is 4.79 Å². The largest absolute Gasteiger partial charge is 0.294 e. The first-order chi connectivity index (χ1) is 16.4. The summed E-state index contributed by atoms with van der Waals surface area (Å²) in [6, 6.07) is 17.3.